The molecular formula is C23H32ClFN2O3S. The summed E-state index contributed by atoms with van der Waals surface area (Å²) in [6.45, 7) is 7.44. The molecule has 0 saturated carbocycles. The normalized spacial score (nSPS) is 12.8. The van der Waals surface area contributed by atoms with Crippen molar-refractivity contribution >= 4 is 40.2 Å². The molecule has 0 amide bonds. The Bertz CT molecular complexity index is 943. The van der Waals surface area contributed by atoms with Crippen LogP contribution in [0.25, 0.3) is 10.9 Å². The fraction of sp³-hybridized carbons (Fsp3) is 0.609. The van der Waals surface area contributed by atoms with Gasteiger partial charge in [-0.1, -0.05) is 44.7 Å². The molecule has 1 unspecified atom stereocenters. The van der Waals surface area contributed by atoms with Crippen molar-refractivity contribution in [1.82, 2.24) is 9.55 Å². The number of aromatic nitrogens is 2. The van der Waals surface area contributed by atoms with E-state index in [4.69, 9.17) is 16.3 Å². The largest absolute Gasteiger partial charge is 0.465 e. The fourth-order valence-corrected chi connectivity index (χ4v) is 4.53. The van der Waals surface area contributed by atoms with Gasteiger partial charge < -0.3 is 4.74 Å². The van der Waals surface area contributed by atoms with E-state index in [9.17, 15) is 14.0 Å². The summed E-state index contributed by atoms with van der Waals surface area (Å²) in [7, 11) is 0. The second kappa shape index (κ2) is 11.9. The van der Waals surface area contributed by atoms with Gasteiger partial charge in [-0.25, -0.2) is 9.37 Å². The molecule has 172 valence electrons. The van der Waals surface area contributed by atoms with Crippen LogP contribution in [0.1, 0.15) is 59.8 Å². The molecule has 2 rings (SSSR count). The summed E-state index contributed by atoms with van der Waals surface area (Å²) in [5, 5.41) is 0.549. The van der Waals surface area contributed by atoms with Crippen LogP contribution in [0, 0.1) is 5.92 Å². The van der Waals surface area contributed by atoms with E-state index in [0.29, 0.717) is 28.7 Å². The van der Waals surface area contributed by atoms with Crippen LogP contribution in [-0.2, 0) is 16.1 Å². The van der Waals surface area contributed by atoms with Crippen LogP contribution in [0.5, 0.6) is 0 Å². The number of nitrogens with zero attached hydrogens (tertiary/aromatic N) is 2. The molecule has 0 N–H and O–H groups in total. The number of alkyl halides is 1. The Hall–Kier alpha value is -1.60. The van der Waals surface area contributed by atoms with Gasteiger partial charge in [0.2, 0.25) is 0 Å². The lowest BCUT2D eigenvalue weighted by Crippen LogP contribution is -2.30. The van der Waals surface area contributed by atoms with E-state index in [1.165, 1.54) is 36.5 Å². The minimum atomic E-state index is -1.55. The fourth-order valence-electron chi connectivity index (χ4n) is 3.24. The average molecular weight is 471 g/mol. The quantitative estimate of drug-likeness (QED) is 0.279. The third-order valence-corrected chi connectivity index (χ3v) is 6.59. The molecule has 1 aromatic carbocycles. The molecule has 1 aromatic heterocycles. The molecule has 0 spiro atoms. The zero-order valence-electron chi connectivity index (χ0n) is 18.7. The van der Waals surface area contributed by atoms with Gasteiger partial charge in [0.05, 0.1) is 41.8 Å². The zero-order chi connectivity index (χ0) is 23.0. The molecule has 31 heavy (non-hydrogen) atoms. The molecule has 0 aliphatic heterocycles. The summed E-state index contributed by atoms with van der Waals surface area (Å²) < 4.78 is 20.7. The molecule has 5 nitrogen and oxygen atoms in total. The zero-order valence-corrected chi connectivity index (χ0v) is 20.3. The number of hydrogen-bond acceptors (Lipinski definition) is 5. The molecular weight excluding hydrogens is 439 g/mol. The maximum atomic E-state index is 14.0. The number of esters is 1. The summed E-state index contributed by atoms with van der Waals surface area (Å²) in [6, 6.07) is 3.50. The summed E-state index contributed by atoms with van der Waals surface area (Å²) in [5.74, 6) is 0.672. The van der Waals surface area contributed by atoms with Gasteiger partial charge in [0.1, 0.15) is 5.67 Å². The van der Waals surface area contributed by atoms with Gasteiger partial charge in [0.15, 0.2) is 0 Å². The summed E-state index contributed by atoms with van der Waals surface area (Å²) in [5.41, 5.74) is -1.46. The SMILES string of the molecule is CCCCC(CC)COC(=O)CCSc1ccc2ncn(CC(C)(C)F)c(=O)c2c1Cl. The Morgan fingerprint density at radius 2 is 2.10 bits per heavy atom. The van der Waals surface area contributed by atoms with Crippen molar-refractivity contribution in [2.45, 2.75) is 76.9 Å². The third kappa shape index (κ3) is 7.79. The predicted octanol–water partition coefficient (Wildman–Crippen LogP) is 6.04. The Labute approximate surface area is 192 Å². The van der Waals surface area contributed by atoms with Crippen LogP contribution in [0.2, 0.25) is 5.02 Å². The number of halogens is 2. The maximum Gasteiger partial charge on any atom is 0.306 e. The van der Waals surface area contributed by atoms with Crippen molar-refractivity contribution in [3.63, 3.8) is 0 Å². The Morgan fingerprint density at radius 3 is 2.74 bits per heavy atom. The Morgan fingerprint density at radius 1 is 1.35 bits per heavy atom. The lowest BCUT2D eigenvalue weighted by Gasteiger charge is -2.16. The molecule has 0 bridgehead atoms. The maximum absolute atomic E-state index is 14.0. The van der Waals surface area contributed by atoms with Gasteiger partial charge in [-0.2, -0.15) is 0 Å². The number of benzene rings is 1. The van der Waals surface area contributed by atoms with E-state index in [1.54, 1.807) is 12.1 Å². The minimum absolute atomic E-state index is 0.106. The molecule has 8 heteroatoms. The topological polar surface area (TPSA) is 61.2 Å². The van der Waals surface area contributed by atoms with Crippen molar-refractivity contribution in [2.75, 3.05) is 12.4 Å². The first kappa shape index (κ1) is 25.7. The predicted molar refractivity (Wildman–Crippen MR) is 126 cm³/mol. The van der Waals surface area contributed by atoms with Crippen LogP contribution >= 0.6 is 23.4 Å². The number of thioether (sulfide) groups is 1. The number of carbonyl (C=O) groups is 1. The number of unbranched alkanes of at least 4 members (excludes halogenated alkanes) is 1. The smallest absolute Gasteiger partial charge is 0.306 e. The van der Waals surface area contributed by atoms with Crippen molar-refractivity contribution in [2.24, 2.45) is 5.92 Å². The van der Waals surface area contributed by atoms with Crippen LogP contribution in [-0.4, -0.2) is 33.5 Å². The van der Waals surface area contributed by atoms with Gasteiger partial charge >= 0.3 is 5.97 Å². The third-order valence-electron chi connectivity index (χ3n) is 5.03. The molecule has 1 atom stereocenters. The lowest BCUT2D eigenvalue weighted by atomic mass is 10.0. The van der Waals surface area contributed by atoms with E-state index in [0.717, 1.165) is 25.7 Å². The molecule has 0 saturated heterocycles. The van der Waals surface area contributed by atoms with Crippen molar-refractivity contribution in [3.05, 3.63) is 33.8 Å². The van der Waals surface area contributed by atoms with E-state index >= 15 is 0 Å². The van der Waals surface area contributed by atoms with Crippen LogP contribution in [0.15, 0.2) is 28.2 Å². The summed E-state index contributed by atoms with van der Waals surface area (Å²) >= 11 is 7.88. The van der Waals surface area contributed by atoms with E-state index < -0.39 is 5.67 Å². The van der Waals surface area contributed by atoms with E-state index in [2.05, 4.69) is 18.8 Å². The molecule has 1 heterocycles. The van der Waals surface area contributed by atoms with Crippen molar-refractivity contribution in [1.29, 1.82) is 0 Å². The highest BCUT2D eigenvalue weighted by Gasteiger charge is 2.19. The Balaban J connectivity index is 2.00. The van der Waals surface area contributed by atoms with E-state index in [-0.39, 0.29) is 34.9 Å². The lowest BCUT2D eigenvalue weighted by molar-refractivity contribution is -0.144. The van der Waals surface area contributed by atoms with Gasteiger partial charge in [-0.3, -0.25) is 14.2 Å². The van der Waals surface area contributed by atoms with Crippen LogP contribution in [0.4, 0.5) is 4.39 Å². The van der Waals surface area contributed by atoms with E-state index in [1.807, 2.05) is 0 Å². The van der Waals surface area contributed by atoms with Crippen molar-refractivity contribution in [3.8, 4) is 0 Å². The molecule has 0 fully saturated rings. The number of rotatable bonds is 12. The molecule has 0 aliphatic rings. The molecule has 0 aliphatic carbocycles. The van der Waals surface area contributed by atoms with Gasteiger partial charge in [0.25, 0.3) is 5.56 Å². The highest BCUT2D eigenvalue weighted by Crippen LogP contribution is 2.32. The highest BCUT2D eigenvalue weighted by atomic mass is 35.5. The van der Waals surface area contributed by atoms with Gasteiger partial charge in [-0.05, 0) is 38.3 Å². The molecule has 2 aromatic rings. The first-order valence-electron chi connectivity index (χ1n) is 10.8. The van der Waals surface area contributed by atoms with Gasteiger partial charge in [0, 0.05) is 10.6 Å². The second-order valence-electron chi connectivity index (χ2n) is 8.37. The monoisotopic (exact) mass is 470 g/mol. The number of hydrogen-bond donors (Lipinski definition) is 0. The average Bonchev–Trinajstić information content (AvgIpc) is 2.71. The number of fused-ring (bicyclic) bond motifs is 1. The van der Waals surface area contributed by atoms with Crippen LogP contribution in [0.3, 0.4) is 0 Å². The van der Waals surface area contributed by atoms with Crippen molar-refractivity contribution < 1.29 is 13.9 Å². The minimum Gasteiger partial charge on any atom is -0.465 e. The standard InChI is InChI=1S/C23H32ClFN2O3S/c1-5-7-8-16(6-2)13-30-19(28)11-12-31-18-10-9-17-20(21(18)24)22(29)27(15-26-17)14-23(3,4)25/h9-10,15-16H,5-8,11-14H2,1-4H3. The summed E-state index contributed by atoms with van der Waals surface area (Å²) in [6.07, 6.45) is 5.96. The first-order chi connectivity index (χ1) is 14.7. The highest BCUT2D eigenvalue weighted by molar-refractivity contribution is 7.99. The Kier molecular flexibility index (Phi) is 9.82. The van der Waals surface area contributed by atoms with Gasteiger partial charge in [-0.15, -0.1) is 11.8 Å². The number of ether oxygens (including phenoxy) is 1. The second-order valence-corrected chi connectivity index (χ2v) is 9.88. The molecule has 0 radical (unpaired) electrons. The van der Waals surface area contributed by atoms with Crippen LogP contribution < -0.4 is 5.56 Å². The number of carbonyl (C=O) groups excluding carboxylic acids is 1. The first-order valence-corrected chi connectivity index (χ1v) is 12.2. The summed E-state index contributed by atoms with van der Waals surface area (Å²) in [4.78, 5) is 29.8.